The molecular formula is C17H18N2O4S. The molecule has 1 amide bonds. The number of benzene rings is 2. The summed E-state index contributed by atoms with van der Waals surface area (Å²) in [6.45, 7) is 0.485. The van der Waals surface area contributed by atoms with E-state index in [4.69, 9.17) is 4.74 Å². The maximum atomic E-state index is 12.5. The molecule has 7 heteroatoms. The van der Waals surface area contributed by atoms with Gasteiger partial charge in [-0.3, -0.25) is 4.79 Å². The van der Waals surface area contributed by atoms with Crippen molar-refractivity contribution in [3.8, 4) is 5.75 Å². The second kappa shape index (κ2) is 6.62. The lowest BCUT2D eigenvalue weighted by Crippen LogP contribution is -2.41. The number of hydrogen-bond donors (Lipinski definition) is 1. The molecule has 1 fully saturated rings. The first-order chi connectivity index (χ1) is 11.5. The first kappa shape index (κ1) is 16.5. The second-order valence-electron chi connectivity index (χ2n) is 5.46. The molecule has 0 unspecified atom stereocenters. The third kappa shape index (κ3) is 3.27. The summed E-state index contributed by atoms with van der Waals surface area (Å²) < 4.78 is 32.4. The van der Waals surface area contributed by atoms with Crippen molar-refractivity contribution < 1.29 is 17.9 Å². The van der Waals surface area contributed by atoms with E-state index in [9.17, 15) is 13.2 Å². The van der Waals surface area contributed by atoms with E-state index in [1.807, 2.05) is 30.3 Å². The Morgan fingerprint density at radius 2 is 1.75 bits per heavy atom. The van der Waals surface area contributed by atoms with Gasteiger partial charge in [0.2, 0.25) is 15.9 Å². The van der Waals surface area contributed by atoms with Crippen LogP contribution in [-0.4, -0.2) is 34.0 Å². The van der Waals surface area contributed by atoms with Gasteiger partial charge < -0.3 is 9.64 Å². The fourth-order valence-corrected chi connectivity index (χ4v) is 3.89. The minimum atomic E-state index is -3.76. The number of rotatable bonds is 5. The van der Waals surface area contributed by atoms with Gasteiger partial charge in [0, 0.05) is 12.2 Å². The molecule has 0 bridgehead atoms. The maximum Gasteiger partial charge on any atom is 0.245 e. The molecule has 24 heavy (non-hydrogen) atoms. The maximum absolute atomic E-state index is 12.5. The van der Waals surface area contributed by atoms with Crippen molar-refractivity contribution in [3.63, 3.8) is 0 Å². The topological polar surface area (TPSA) is 75.7 Å². The van der Waals surface area contributed by atoms with E-state index in [0.717, 1.165) is 5.69 Å². The molecule has 0 radical (unpaired) electrons. The van der Waals surface area contributed by atoms with E-state index in [0.29, 0.717) is 18.7 Å². The van der Waals surface area contributed by atoms with Gasteiger partial charge in [-0.05, 0) is 42.8 Å². The summed E-state index contributed by atoms with van der Waals surface area (Å²) >= 11 is 0. The number of sulfonamides is 1. The number of carbonyl (C=O) groups is 1. The Balaban J connectivity index is 1.74. The molecule has 6 nitrogen and oxygen atoms in total. The zero-order valence-corrected chi connectivity index (χ0v) is 14.0. The van der Waals surface area contributed by atoms with Crippen LogP contribution in [0.3, 0.4) is 0 Å². The van der Waals surface area contributed by atoms with Gasteiger partial charge in [0.05, 0.1) is 12.0 Å². The van der Waals surface area contributed by atoms with Gasteiger partial charge in [-0.15, -0.1) is 0 Å². The van der Waals surface area contributed by atoms with Gasteiger partial charge in [0.1, 0.15) is 11.8 Å². The molecule has 1 atom stereocenters. The van der Waals surface area contributed by atoms with Crippen LogP contribution in [0.2, 0.25) is 0 Å². The number of anilines is 1. The van der Waals surface area contributed by atoms with Crippen LogP contribution >= 0.6 is 0 Å². The molecule has 2 aromatic carbocycles. The fraction of sp³-hybridized carbons (Fsp3) is 0.235. The highest BCUT2D eigenvalue weighted by Gasteiger charge is 2.35. The summed E-state index contributed by atoms with van der Waals surface area (Å²) in [5.74, 6) is 0.333. The van der Waals surface area contributed by atoms with Crippen LogP contribution in [0.4, 0.5) is 5.69 Å². The van der Waals surface area contributed by atoms with E-state index in [2.05, 4.69) is 4.72 Å². The molecule has 0 aliphatic carbocycles. The highest BCUT2D eigenvalue weighted by molar-refractivity contribution is 7.89. The lowest BCUT2D eigenvalue weighted by Gasteiger charge is -2.17. The van der Waals surface area contributed by atoms with Crippen molar-refractivity contribution in [2.24, 2.45) is 0 Å². The third-order valence-electron chi connectivity index (χ3n) is 3.94. The number of methoxy groups -OCH3 is 1. The number of para-hydroxylation sites is 1. The first-order valence-corrected chi connectivity index (χ1v) is 9.02. The van der Waals surface area contributed by atoms with Crippen LogP contribution in [0.5, 0.6) is 5.75 Å². The monoisotopic (exact) mass is 346 g/mol. The highest BCUT2D eigenvalue weighted by atomic mass is 32.2. The number of nitrogens with zero attached hydrogens (tertiary/aromatic N) is 1. The first-order valence-electron chi connectivity index (χ1n) is 7.54. The number of amides is 1. The van der Waals surface area contributed by atoms with E-state index in [1.165, 1.54) is 19.2 Å². The van der Waals surface area contributed by atoms with E-state index >= 15 is 0 Å². The Labute approximate surface area is 141 Å². The lowest BCUT2D eigenvalue weighted by molar-refractivity contribution is -0.118. The quantitative estimate of drug-likeness (QED) is 0.895. The minimum Gasteiger partial charge on any atom is -0.497 e. The van der Waals surface area contributed by atoms with Crippen molar-refractivity contribution in [3.05, 3.63) is 54.6 Å². The van der Waals surface area contributed by atoms with E-state index < -0.39 is 16.1 Å². The van der Waals surface area contributed by atoms with Gasteiger partial charge in [0.25, 0.3) is 0 Å². The van der Waals surface area contributed by atoms with Crippen molar-refractivity contribution >= 4 is 21.6 Å². The van der Waals surface area contributed by atoms with Crippen molar-refractivity contribution in [1.29, 1.82) is 0 Å². The molecule has 1 aliphatic heterocycles. The van der Waals surface area contributed by atoms with Crippen LogP contribution in [0.1, 0.15) is 6.42 Å². The summed E-state index contributed by atoms with van der Waals surface area (Å²) in [7, 11) is -2.25. The largest absolute Gasteiger partial charge is 0.497 e. The Hall–Kier alpha value is -2.38. The molecule has 0 saturated carbocycles. The molecule has 1 N–H and O–H groups in total. The summed E-state index contributed by atoms with van der Waals surface area (Å²) in [5.41, 5.74) is 0.772. The van der Waals surface area contributed by atoms with Crippen LogP contribution < -0.4 is 14.4 Å². The molecule has 0 spiro atoms. The van der Waals surface area contributed by atoms with Gasteiger partial charge in [-0.1, -0.05) is 18.2 Å². The molecule has 3 rings (SSSR count). The second-order valence-corrected chi connectivity index (χ2v) is 7.18. The summed E-state index contributed by atoms with van der Waals surface area (Å²) in [4.78, 5) is 14.2. The van der Waals surface area contributed by atoms with Crippen LogP contribution in [0, 0.1) is 0 Å². The smallest absolute Gasteiger partial charge is 0.245 e. The Morgan fingerprint density at radius 1 is 1.08 bits per heavy atom. The van der Waals surface area contributed by atoms with E-state index in [1.54, 1.807) is 17.0 Å². The average Bonchev–Trinajstić information content (AvgIpc) is 2.96. The van der Waals surface area contributed by atoms with Crippen molar-refractivity contribution in [2.75, 3.05) is 18.6 Å². The van der Waals surface area contributed by atoms with Crippen LogP contribution in [-0.2, 0) is 14.8 Å². The third-order valence-corrected chi connectivity index (χ3v) is 5.43. The summed E-state index contributed by atoms with van der Waals surface area (Å²) in [6, 6.07) is 14.5. The molecule has 2 aromatic rings. The lowest BCUT2D eigenvalue weighted by atomic mass is 10.3. The molecule has 1 aliphatic rings. The van der Waals surface area contributed by atoms with Crippen molar-refractivity contribution in [2.45, 2.75) is 17.4 Å². The molecular weight excluding hydrogens is 328 g/mol. The normalized spacial score (nSPS) is 18.0. The number of nitrogens with one attached hydrogen (secondary N) is 1. The molecule has 0 aromatic heterocycles. The van der Waals surface area contributed by atoms with Gasteiger partial charge in [-0.25, -0.2) is 8.42 Å². The minimum absolute atomic E-state index is 0.106. The van der Waals surface area contributed by atoms with Crippen molar-refractivity contribution in [1.82, 2.24) is 4.72 Å². The fourth-order valence-electron chi connectivity index (χ4n) is 2.66. The van der Waals surface area contributed by atoms with Crippen LogP contribution in [0.25, 0.3) is 0 Å². The Morgan fingerprint density at radius 3 is 2.38 bits per heavy atom. The Kier molecular flexibility index (Phi) is 4.55. The van der Waals surface area contributed by atoms with E-state index in [-0.39, 0.29) is 10.8 Å². The van der Waals surface area contributed by atoms with Crippen LogP contribution in [0.15, 0.2) is 59.5 Å². The zero-order valence-electron chi connectivity index (χ0n) is 13.2. The standard InChI is InChI=1S/C17H18N2O4S/c1-23-14-7-9-15(10-8-14)24(21,22)18-16-11-12-19(17(16)20)13-5-3-2-4-6-13/h2-10,16,18H,11-12H2,1H3/t16-/m1/s1. The van der Waals surface area contributed by atoms with Gasteiger partial charge >= 0.3 is 0 Å². The SMILES string of the molecule is COc1ccc(S(=O)(=O)N[C@@H]2CCN(c3ccccc3)C2=O)cc1. The number of hydrogen-bond acceptors (Lipinski definition) is 4. The molecule has 126 valence electrons. The Bertz CT molecular complexity index is 819. The number of ether oxygens (including phenoxy) is 1. The average molecular weight is 346 g/mol. The summed E-state index contributed by atoms with van der Waals surface area (Å²) in [5, 5.41) is 0. The molecule has 1 saturated heterocycles. The van der Waals surface area contributed by atoms with Gasteiger partial charge in [-0.2, -0.15) is 4.72 Å². The zero-order chi connectivity index (χ0) is 17.2. The predicted octanol–water partition coefficient (Wildman–Crippen LogP) is 1.78. The number of carbonyl (C=O) groups excluding carboxylic acids is 1. The summed E-state index contributed by atoms with van der Waals surface area (Å²) in [6.07, 6.45) is 0.434. The molecule has 1 heterocycles. The van der Waals surface area contributed by atoms with Gasteiger partial charge in [0.15, 0.2) is 0 Å². The predicted molar refractivity (Wildman–Crippen MR) is 90.5 cm³/mol. The highest BCUT2D eigenvalue weighted by Crippen LogP contribution is 2.23.